The van der Waals surface area contributed by atoms with Crippen LogP contribution >= 0.6 is 0 Å². The van der Waals surface area contributed by atoms with Crippen molar-refractivity contribution in [3.63, 3.8) is 0 Å². The fourth-order valence-corrected chi connectivity index (χ4v) is 5.74. The van der Waals surface area contributed by atoms with Gasteiger partial charge in [-0.3, -0.25) is 4.98 Å². The van der Waals surface area contributed by atoms with E-state index in [9.17, 15) is 5.11 Å². The van der Waals surface area contributed by atoms with E-state index in [1.54, 1.807) is 0 Å². The predicted octanol–water partition coefficient (Wildman–Crippen LogP) is 3.84. The average Bonchev–Trinajstić information content (AvgIpc) is 3.07. The van der Waals surface area contributed by atoms with E-state index in [0.717, 1.165) is 52.9 Å². The summed E-state index contributed by atoms with van der Waals surface area (Å²) in [5.74, 6) is 1.76. The number of aliphatic hydroxyl groups is 1. The van der Waals surface area contributed by atoms with E-state index in [0.29, 0.717) is 12.6 Å². The Labute approximate surface area is 168 Å². The predicted molar refractivity (Wildman–Crippen MR) is 114 cm³/mol. The van der Waals surface area contributed by atoms with Gasteiger partial charge in [0.25, 0.3) is 0 Å². The van der Waals surface area contributed by atoms with Crippen LogP contribution in [-0.4, -0.2) is 38.7 Å². The third kappa shape index (κ3) is 3.60. The summed E-state index contributed by atoms with van der Waals surface area (Å²) in [7, 11) is 0. The lowest BCUT2D eigenvalue weighted by atomic mass is 9.79. The summed E-state index contributed by atoms with van der Waals surface area (Å²) in [5, 5.41) is 11.0. The summed E-state index contributed by atoms with van der Waals surface area (Å²) in [6, 6.07) is 3.24. The zero-order chi connectivity index (χ0) is 19.7. The van der Waals surface area contributed by atoms with Gasteiger partial charge in [0.1, 0.15) is 0 Å². The molecule has 1 saturated carbocycles. The zero-order valence-electron chi connectivity index (χ0n) is 17.5. The Bertz CT molecular complexity index is 783. The van der Waals surface area contributed by atoms with Gasteiger partial charge in [-0.25, -0.2) is 0 Å². The summed E-state index contributed by atoms with van der Waals surface area (Å²) < 4.78 is 2.39. The number of piperidine rings is 1. The molecule has 4 rings (SSSR count). The number of likely N-dealkylation sites (tertiary alicyclic amines) is 1. The van der Waals surface area contributed by atoms with Gasteiger partial charge in [0.15, 0.2) is 0 Å². The monoisotopic (exact) mass is 384 g/mol. The first-order chi connectivity index (χ1) is 13.6. The maximum Gasteiger partial charge on any atom is 0.0706 e. The fraction of sp³-hybridized carbons (Fsp3) is 0.696. The molecule has 0 bridgehead atoms. The molecule has 0 radical (unpaired) electrons. The first-order valence-electron chi connectivity index (χ1n) is 11.1. The molecule has 0 amide bonds. The number of rotatable bonds is 5. The van der Waals surface area contributed by atoms with Crippen molar-refractivity contribution in [3.8, 4) is 0 Å². The number of fused-ring (bicyclic) bond motifs is 1. The SMILES string of the molecule is CC(C)C1CCC(N2CCC(n3c(CN)c(CO)c4ccncc43)CC2)CC1. The fourth-order valence-electron chi connectivity index (χ4n) is 5.74. The maximum absolute atomic E-state index is 9.93. The summed E-state index contributed by atoms with van der Waals surface area (Å²) in [6.07, 6.45) is 11.6. The third-order valence-electron chi connectivity index (χ3n) is 7.44. The molecule has 1 aliphatic heterocycles. The van der Waals surface area contributed by atoms with Gasteiger partial charge in [-0.15, -0.1) is 0 Å². The molecular weight excluding hydrogens is 348 g/mol. The minimum atomic E-state index is 0.0397. The van der Waals surface area contributed by atoms with Crippen LogP contribution in [0.4, 0.5) is 0 Å². The van der Waals surface area contributed by atoms with E-state index in [-0.39, 0.29) is 6.61 Å². The number of aromatic nitrogens is 2. The van der Waals surface area contributed by atoms with Gasteiger partial charge in [0, 0.05) is 54.6 Å². The molecule has 1 saturated heterocycles. The molecule has 3 N–H and O–H groups in total. The van der Waals surface area contributed by atoms with Crippen LogP contribution in [0, 0.1) is 11.8 Å². The molecule has 5 heteroatoms. The highest BCUT2D eigenvalue weighted by atomic mass is 16.3. The van der Waals surface area contributed by atoms with Gasteiger partial charge in [0.2, 0.25) is 0 Å². The second-order valence-corrected chi connectivity index (χ2v) is 9.13. The molecule has 2 aromatic heterocycles. The van der Waals surface area contributed by atoms with E-state index < -0.39 is 0 Å². The molecule has 5 nitrogen and oxygen atoms in total. The van der Waals surface area contributed by atoms with E-state index in [1.165, 1.54) is 38.8 Å². The van der Waals surface area contributed by atoms with Crippen LogP contribution in [0.25, 0.3) is 10.9 Å². The maximum atomic E-state index is 9.93. The van der Waals surface area contributed by atoms with Crippen LogP contribution in [0.15, 0.2) is 18.5 Å². The Hall–Kier alpha value is -1.43. The van der Waals surface area contributed by atoms with Crippen LogP contribution in [0.2, 0.25) is 0 Å². The molecule has 2 aliphatic rings. The molecule has 0 spiro atoms. The summed E-state index contributed by atoms with van der Waals surface area (Å²) >= 11 is 0. The van der Waals surface area contributed by atoms with E-state index in [2.05, 4.69) is 28.3 Å². The summed E-state index contributed by atoms with van der Waals surface area (Å²) in [6.45, 7) is 7.59. The second-order valence-electron chi connectivity index (χ2n) is 9.13. The van der Waals surface area contributed by atoms with Crippen molar-refractivity contribution in [2.24, 2.45) is 17.6 Å². The molecule has 0 aromatic carbocycles. The number of aliphatic hydroxyl groups excluding tert-OH is 1. The minimum Gasteiger partial charge on any atom is -0.392 e. The quantitative estimate of drug-likeness (QED) is 0.822. The molecule has 0 unspecified atom stereocenters. The molecule has 2 aromatic rings. The smallest absolute Gasteiger partial charge is 0.0706 e. The minimum absolute atomic E-state index is 0.0397. The molecule has 0 atom stereocenters. The summed E-state index contributed by atoms with van der Waals surface area (Å²) in [4.78, 5) is 7.09. The standard InChI is InChI=1S/C23H36N4O/c1-16(2)17-3-5-18(6-4-17)26-11-8-19(9-12-26)27-22(13-24)21(15-28)20-7-10-25-14-23(20)27/h7,10,14,16-19,28H,3-6,8-9,11-13,15,24H2,1-2H3. The van der Waals surface area contributed by atoms with E-state index >= 15 is 0 Å². The van der Waals surface area contributed by atoms with Gasteiger partial charge in [-0.05, 0) is 56.4 Å². The molecule has 154 valence electrons. The topological polar surface area (TPSA) is 67.3 Å². The van der Waals surface area contributed by atoms with Crippen LogP contribution in [0.3, 0.4) is 0 Å². The summed E-state index contributed by atoms with van der Waals surface area (Å²) in [5.41, 5.74) is 9.31. The number of hydrogen-bond donors (Lipinski definition) is 2. The highest BCUT2D eigenvalue weighted by Gasteiger charge is 2.31. The number of hydrogen-bond acceptors (Lipinski definition) is 4. The molecule has 2 fully saturated rings. The lowest BCUT2D eigenvalue weighted by Gasteiger charge is -2.42. The van der Waals surface area contributed by atoms with Gasteiger partial charge in [0.05, 0.1) is 18.3 Å². The van der Waals surface area contributed by atoms with Crippen molar-refractivity contribution < 1.29 is 5.11 Å². The first kappa shape index (κ1) is 19.9. The average molecular weight is 385 g/mol. The Morgan fingerprint density at radius 2 is 1.82 bits per heavy atom. The Morgan fingerprint density at radius 3 is 2.43 bits per heavy atom. The van der Waals surface area contributed by atoms with E-state index in [4.69, 9.17) is 5.73 Å². The van der Waals surface area contributed by atoms with Crippen molar-refractivity contribution in [2.75, 3.05) is 13.1 Å². The molecule has 28 heavy (non-hydrogen) atoms. The molecular formula is C23H36N4O. The van der Waals surface area contributed by atoms with Crippen molar-refractivity contribution in [2.45, 2.75) is 77.6 Å². The lowest BCUT2D eigenvalue weighted by molar-refractivity contribution is 0.0889. The Balaban J connectivity index is 1.47. The molecule has 1 aliphatic carbocycles. The van der Waals surface area contributed by atoms with Gasteiger partial charge >= 0.3 is 0 Å². The van der Waals surface area contributed by atoms with Crippen molar-refractivity contribution in [3.05, 3.63) is 29.7 Å². The van der Waals surface area contributed by atoms with E-state index in [1.807, 2.05) is 18.5 Å². The third-order valence-corrected chi connectivity index (χ3v) is 7.44. The zero-order valence-corrected chi connectivity index (χ0v) is 17.5. The van der Waals surface area contributed by atoms with Crippen molar-refractivity contribution >= 4 is 10.9 Å². The first-order valence-corrected chi connectivity index (χ1v) is 11.1. The van der Waals surface area contributed by atoms with Crippen molar-refractivity contribution in [1.29, 1.82) is 0 Å². The normalized spacial score (nSPS) is 25.0. The Kier molecular flexibility index (Phi) is 6.04. The van der Waals surface area contributed by atoms with Crippen molar-refractivity contribution in [1.82, 2.24) is 14.5 Å². The second kappa shape index (κ2) is 8.52. The molecule has 3 heterocycles. The number of nitrogens with two attached hydrogens (primary N) is 1. The van der Waals surface area contributed by atoms with Gasteiger partial charge < -0.3 is 20.3 Å². The highest BCUT2D eigenvalue weighted by molar-refractivity contribution is 5.84. The highest BCUT2D eigenvalue weighted by Crippen LogP contribution is 2.37. The number of pyridine rings is 1. The van der Waals surface area contributed by atoms with Crippen LogP contribution in [0.5, 0.6) is 0 Å². The Morgan fingerprint density at radius 1 is 1.11 bits per heavy atom. The van der Waals surface area contributed by atoms with Crippen LogP contribution in [0.1, 0.15) is 69.7 Å². The largest absolute Gasteiger partial charge is 0.392 e. The van der Waals surface area contributed by atoms with Gasteiger partial charge in [-0.2, -0.15) is 0 Å². The van der Waals surface area contributed by atoms with Crippen LogP contribution in [-0.2, 0) is 13.2 Å². The number of nitrogens with zero attached hydrogens (tertiary/aromatic N) is 3. The van der Waals surface area contributed by atoms with Gasteiger partial charge in [-0.1, -0.05) is 13.8 Å². The lowest BCUT2D eigenvalue weighted by Crippen LogP contribution is -2.44. The van der Waals surface area contributed by atoms with Crippen LogP contribution < -0.4 is 5.73 Å².